The van der Waals surface area contributed by atoms with Crippen molar-refractivity contribution in [2.45, 2.75) is 56.5 Å². The van der Waals surface area contributed by atoms with E-state index in [0.717, 1.165) is 15.8 Å². The molecule has 0 unspecified atom stereocenters. The average molecular weight is 687 g/mol. The van der Waals surface area contributed by atoms with Gasteiger partial charge >= 0.3 is 6.09 Å². The maximum atomic E-state index is 14.0. The minimum absolute atomic E-state index is 0.130. The van der Waals surface area contributed by atoms with Gasteiger partial charge in [-0.25, -0.2) is 18.2 Å². The standard InChI is InChI=1S/C33H39ClN4O6S2/c1-22(2)16-17-38(46(42,43)26-14-15-29-31(19-26)45-21-35-29)25(20-39)13-12-23-8-5-7-11-28(23)36-32(40)30(37-33(41)44-3)18-24-9-4-6-10-27(24)34/h4-11,14-15,19,21-22,25,30,39H,12-13,16-18,20H2,1-3H3,(H,36,40)(H,37,41)/t25-,30-/m0/s1. The van der Waals surface area contributed by atoms with Crippen molar-refractivity contribution in [2.24, 2.45) is 5.92 Å². The van der Waals surface area contributed by atoms with Gasteiger partial charge in [-0.3, -0.25) is 4.79 Å². The smallest absolute Gasteiger partial charge is 0.407 e. The molecule has 2 amide bonds. The van der Waals surface area contributed by atoms with Crippen LogP contribution in [0.5, 0.6) is 0 Å². The largest absolute Gasteiger partial charge is 0.453 e. The molecule has 1 heterocycles. The number of fused-ring (bicyclic) bond motifs is 1. The zero-order valence-electron chi connectivity index (χ0n) is 26.0. The van der Waals surface area contributed by atoms with Gasteiger partial charge in [0.15, 0.2) is 0 Å². The molecule has 0 saturated heterocycles. The number of para-hydroxylation sites is 1. The number of aryl methyl sites for hydroxylation is 1. The molecule has 1 aromatic heterocycles. The van der Waals surface area contributed by atoms with Gasteiger partial charge in [0.2, 0.25) is 15.9 Å². The third-order valence-corrected chi connectivity index (χ3v) is 10.8. The summed E-state index contributed by atoms with van der Waals surface area (Å²) in [6, 6.07) is 17.4. The normalized spacial score (nSPS) is 13.1. The SMILES string of the molecule is COC(=O)N[C@@H](Cc1ccccc1Cl)C(=O)Nc1ccccc1CC[C@@H](CO)N(CCC(C)C)S(=O)(=O)c1ccc2ncsc2c1. The van der Waals surface area contributed by atoms with Crippen LogP contribution in [0.2, 0.25) is 5.02 Å². The number of aliphatic hydroxyl groups is 1. The lowest BCUT2D eigenvalue weighted by Gasteiger charge is -2.30. The van der Waals surface area contributed by atoms with Crippen LogP contribution in [0.4, 0.5) is 10.5 Å². The number of aliphatic hydroxyl groups excluding tert-OH is 1. The molecule has 2 atom stereocenters. The number of thiazole rings is 1. The third-order valence-electron chi connectivity index (χ3n) is 7.65. The number of amides is 2. The molecule has 10 nitrogen and oxygen atoms in total. The van der Waals surface area contributed by atoms with Crippen LogP contribution in [-0.2, 0) is 32.4 Å². The van der Waals surface area contributed by atoms with E-state index in [2.05, 4.69) is 15.6 Å². The van der Waals surface area contributed by atoms with Crippen molar-refractivity contribution < 1.29 is 27.9 Å². The van der Waals surface area contributed by atoms with Gasteiger partial charge < -0.3 is 20.5 Å². The number of ether oxygens (including phenoxy) is 1. The first kappa shape index (κ1) is 35.3. The molecule has 3 N–H and O–H groups in total. The van der Waals surface area contributed by atoms with Crippen molar-refractivity contribution in [3.63, 3.8) is 0 Å². The number of nitrogens with one attached hydrogen (secondary N) is 2. The van der Waals surface area contributed by atoms with E-state index in [1.807, 2.05) is 26.0 Å². The molecule has 0 aliphatic carbocycles. The molecule has 0 bridgehead atoms. The maximum absolute atomic E-state index is 14.0. The number of carbonyl (C=O) groups excluding carboxylic acids is 2. The summed E-state index contributed by atoms with van der Waals surface area (Å²) in [7, 11) is -2.73. The van der Waals surface area contributed by atoms with Gasteiger partial charge in [-0.2, -0.15) is 4.31 Å². The van der Waals surface area contributed by atoms with Crippen LogP contribution in [-0.4, -0.2) is 67.2 Å². The topological polar surface area (TPSA) is 138 Å². The molecule has 0 fully saturated rings. The summed E-state index contributed by atoms with van der Waals surface area (Å²) in [5.74, 6) is -0.231. The number of benzene rings is 3. The first-order valence-corrected chi connectivity index (χ1v) is 17.7. The highest BCUT2D eigenvalue weighted by molar-refractivity contribution is 7.89. The monoisotopic (exact) mass is 686 g/mol. The molecule has 0 aliphatic rings. The summed E-state index contributed by atoms with van der Waals surface area (Å²) in [4.78, 5) is 30.0. The quantitative estimate of drug-likeness (QED) is 0.142. The number of aromatic nitrogens is 1. The molecule has 3 aromatic carbocycles. The third kappa shape index (κ3) is 9.04. The zero-order chi connectivity index (χ0) is 33.3. The maximum Gasteiger partial charge on any atom is 0.407 e. The van der Waals surface area contributed by atoms with Gasteiger partial charge in [0.1, 0.15) is 6.04 Å². The Bertz CT molecular complexity index is 1750. The molecular weight excluding hydrogens is 648 g/mol. The highest BCUT2D eigenvalue weighted by Crippen LogP contribution is 2.28. The minimum Gasteiger partial charge on any atom is -0.453 e. The number of carbonyl (C=O) groups is 2. The molecule has 0 saturated carbocycles. The molecule has 246 valence electrons. The van der Waals surface area contributed by atoms with Gasteiger partial charge in [-0.05, 0) is 66.6 Å². The Kier molecular flexibility index (Phi) is 12.5. The van der Waals surface area contributed by atoms with Gasteiger partial charge in [0.25, 0.3) is 0 Å². The van der Waals surface area contributed by atoms with E-state index in [0.29, 0.717) is 35.5 Å². The second-order valence-electron chi connectivity index (χ2n) is 11.3. The van der Waals surface area contributed by atoms with Crippen molar-refractivity contribution in [1.82, 2.24) is 14.6 Å². The fourth-order valence-corrected chi connectivity index (χ4v) is 7.73. The Morgan fingerprint density at radius 1 is 1.04 bits per heavy atom. The van der Waals surface area contributed by atoms with Crippen LogP contribution in [0.15, 0.2) is 77.1 Å². The summed E-state index contributed by atoms with van der Waals surface area (Å²) < 4.78 is 34.9. The van der Waals surface area contributed by atoms with Gasteiger partial charge in [0, 0.05) is 29.7 Å². The summed E-state index contributed by atoms with van der Waals surface area (Å²) >= 11 is 7.69. The van der Waals surface area contributed by atoms with Crippen molar-refractivity contribution >= 4 is 60.9 Å². The van der Waals surface area contributed by atoms with E-state index in [9.17, 15) is 23.1 Å². The van der Waals surface area contributed by atoms with Crippen molar-refractivity contribution in [2.75, 3.05) is 25.6 Å². The number of rotatable bonds is 15. The number of methoxy groups -OCH3 is 1. The average Bonchev–Trinajstić information content (AvgIpc) is 3.52. The Labute approximate surface area is 278 Å². The highest BCUT2D eigenvalue weighted by Gasteiger charge is 2.32. The molecule has 4 rings (SSSR count). The molecule has 0 spiro atoms. The predicted molar refractivity (Wildman–Crippen MR) is 182 cm³/mol. The van der Waals surface area contributed by atoms with Crippen LogP contribution >= 0.6 is 22.9 Å². The van der Waals surface area contributed by atoms with E-state index in [4.69, 9.17) is 16.3 Å². The molecule has 13 heteroatoms. The Morgan fingerprint density at radius 3 is 2.46 bits per heavy atom. The first-order valence-electron chi connectivity index (χ1n) is 15.0. The fourth-order valence-electron chi connectivity index (χ4n) is 5.04. The Balaban J connectivity index is 1.55. The highest BCUT2D eigenvalue weighted by atomic mass is 35.5. The van der Waals surface area contributed by atoms with Crippen LogP contribution < -0.4 is 10.6 Å². The number of hydrogen-bond donors (Lipinski definition) is 3. The van der Waals surface area contributed by atoms with Crippen molar-refractivity contribution in [3.8, 4) is 0 Å². The molecular formula is C33H39ClN4O6S2. The van der Waals surface area contributed by atoms with E-state index in [-0.39, 0.29) is 30.4 Å². The molecule has 46 heavy (non-hydrogen) atoms. The predicted octanol–water partition coefficient (Wildman–Crippen LogP) is 5.89. The first-order chi connectivity index (χ1) is 22.0. The number of hydrogen-bond acceptors (Lipinski definition) is 8. The van der Waals surface area contributed by atoms with Crippen LogP contribution in [0, 0.1) is 5.92 Å². The molecule has 0 aliphatic heterocycles. The number of nitrogens with zero attached hydrogens (tertiary/aromatic N) is 2. The van der Waals surface area contributed by atoms with E-state index >= 15 is 0 Å². The van der Waals surface area contributed by atoms with Crippen LogP contribution in [0.1, 0.15) is 37.8 Å². The Morgan fingerprint density at radius 2 is 1.76 bits per heavy atom. The second-order valence-corrected chi connectivity index (χ2v) is 14.5. The van der Waals surface area contributed by atoms with E-state index in [1.54, 1.807) is 60.1 Å². The lowest BCUT2D eigenvalue weighted by molar-refractivity contribution is -0.118. The fraction of sp³-hybridized carbons (Fsp3) is 0.364. The summed E-state index contributed by atoms with van der Waals surface area (Å²) in [5.41, 5.74) is 4.33. The Hall–Kier alpha value is -3.55. The summed E-state index contributed by atoms with van der Waals surface area (Å²) in [5, 5.41) is 16.5. The van der Waals surface area contributed by atoms with Gasteiger partial charge in [0.05, 0.1) is 34.3 Å². The van der Waals surface area contributed by atoms with Gasteiger partial charge in [-0.15, -0.1) is 11.3 Å². The van der Waals surface area contributed by atoms with E-state index in [1.165, 1.54) is 22.8 Å². The second kappa shape index (κ2) is 16.3. The van der Waals surface area contributed by atoms with E-state index < -0.39 is 34.1 Å². The minimum atomic E-state index is -3.95. The van der Waals surface area contributed by atoms with Crippen LogP contribution in [0.3, 0.4) is 0 Å². The summed E-state index contributed by atoms with van der Waals surface area (Å²) in [6.45, 7) is 3.91. The lowest BCUT2D eigenvalue weighted by Crippen LogP contribution is -2.45. The van der Waals surface area contributed by atoms with Crippen molar-refractivity contribution in [1.29, 1.82) is 0 Å². The number of halogens is 1. The summed E-state index contributed by atoms with van der Waals surface area (Å²) in [6.07, 6.45) is 0.648. The zero-order valence-corrected chi connectivity index (χ0v) is 28.4. The molecule has 0 radical (unpaired) electrons. The van der Waals surface area contributed by atoms with Gasteiger partial charge in [-0.1, -0.05) is 61.8 Å². The van der Waals surface area contributed by atoms with Crippen molar-refractivity contribution in [3.05, 3.63) is 88.4 Å². The number of alkyl carbamates (subject to hydrolysis) is 1. The number of anilines is 1. The van der Waals surface area contributed by atoms with Crippen LogP contribution in [0.25, 0.3) is 10.2 Å². The molecule has 4 aromatic rings. The number of sulfonamides is 1. The lowest BCUT2D eigenvalue weighted by atomic mass is 10.0.